The zero-order valence-corrected chi connectivity index (χ0v) is 12.7. The minimum atomic E-state index is -0.184. The number of benzene rings is 1. The summed E-state index contributed by atoms with van der Waals surface area (Å²) in [6.07, 6.45) is 0. The van der Waals surface area contributed by atoms with E-state index < -0.39 is 0 Å². The number of alkyl halides is 1. The second-order valence-electron chi connectivity index (χ2n) is 3.75. The van der Waals surface area contributed by atoms with Crippen LogP contribution in [-0.2, 0) is 4.74 Å². The number of amides is 1. The van der Waals surface area contributed by atoms with Gasteiger partial charge in [0, 0.05) is 29.8 Å². The molecule has 0 aliphatic carbocycles. The van der Waals surface area contributed by atoms with Crippen molar-refractivity contribution in [3.05, 3.63) is 33.4 Å². The van der Waals surface area contributed by atoms with E-state index in [9.17, 15) is 4.79 Å². The summed E-state index contributed by atoms with van der Waals surface area (Å²) in [4.78, 5) is 13.7. The van der Waals surface area contributed by atoms with Gasteiger partial charge in [-0.25, -0.2) is 0 Å². The van der Waals surface area contributed by atoms with Crippen molar-refractivity contribution in [3.63, 3.8) is 0 Å². The molecule has 0 spiro atoms. The van der Waals surface area contributed by atoms with Gasteiger partial charge in [-0.1, -0.05) is 6.07 Å². The van der Waals surface area contributed by atoms with E-state index in [4.69, 9.17) is 16.3 Å². The van der Waals surface area contributed by atoms with Gasteiger partial charge >= 0.3 is 0 Å². The van der Waals surface area contributed by atoms with Crippen molar-refractivity contribution in [2.75, 3.05) is 27.3 Å². The number of halogens is 2. The molecule has 1 aromatic carbocycles. The zero-order chi connectivity index (χ0) is 12.8. The van der Waals surface area contributed by atoms with E-state index in [1.54, 1.807) is 25.1 Å². The first kappa shape index (κ1) is 14.7. The fourth-order valence-electron chi connectivity index (χ4n) is 1.46. The van der Waals surface area contributed by atoms with E-state index in [1.807, 2.05) is 18.2 Å². The molecule has 0 saturated carbocycles. The van der Waals surface area contributed by atoms with Gasteiger partial charge in [-0.05, 0) is 40.8 Å². The first-order valence-corrected chi connectivity index (χ1v) is 6.70. The molecule has 94 valence electrons. The third-order valence-corrected chi connectivity index (χ3v) is 3.17. The summed E-state index contributed by atoms with van der Waals surface area (Å²) in [5, 5.41) is -0.184. The van der Waals surface area contributed by atoms with Crippen LogP contribution in [0.2, 0.25) is 0 Å². The van der Waals surface area contributed by atoms with E-state index in [1.165, 1.54) is 0 Å². The number of methoxy groups -OCH3 is 1. The third-order valence-electron chi connectivity index (χ3n) is 2.24. The fourth-order valence-corrected chi connectivity index (χ4v) is 2.33. The van der Waals surface area contributed by atoms with Crippen LogP contribution in [0.4, 0.5) is 0 Å². The fraction of sp³-hybridized carbons (Fsp3) is 0.417. The lowest BCUT2D eigenvalue weighted by Gasteiger charge is -2.20. The number of hydrogen-bond donors (Lipinski definition) is 0. The van der Waals surface area contributed by atoms with Crippen LogP contribution in [-0.4, -0.2) is 43.5 Å². The molecule has 0 radical (unpaired) electrons. The molecule has 1 unspecified atom stereocenters. The number of nitrogens with zero attached hydrogens (tertiary/aromatic N) is 1. The smallest absolute Gasteiger partial charge is 0.253 e. The lowest BCUT2D eigenvalue weighted by Crippen LogP contribution is -2.33. The third kappa shape index (κ3) is 4.81. The average molecular weight is 368 g/mol. The molecule has 1 aromatic rings. The molecule has 0 aromatic heterocycles. The summed E-state index contributed by atoms with van der Waals surface area (Å²) < 4.78 is 5.98. The van der Waals surface area contributed by atoms with Crippen LogP contribution in [0.15, 0.2) is 24.3 Å². The van der Waals surface area contributed by atoms with Gasteiger partial charge in [0.1, 0.15) is 0 Å². The molecule has 1 amide bonds. The summed E-state index contributed by atoms with van der Waals surface area (Å²) >= 11 is 8.20. The molecular weight excluding hydrogens is 352 g/mol. The molecule has 0 saturated heterocycles. The summed E-state index contributed by atoms with van der Waals surface area (Å²) in [6, 6.07) is 7.49. The maximum absolute atomic E-state index is 12.1. The quantitative estimate of drug-likeness (QED) is 0.591. The van der Waals surface area contributed by atoms with Crippen LogP contribution in [0.1, 0.15) is 10.4 Å². The van der Waals surface area contributed by atoms with Crippen LogP contribution in [0.3, 0.4) is 0 Å². The molecule has 5 heteroatoms. The van der Waals surface area contributed by atoms with E-state index in [0.29, 0.717) is 18.7 Å². The Hall–Kier alpha value is -0.330. The lowest BCUT2D eigenvalue weighted by atomic mass is 10.2. The monoisotopic (exact) mass is 367 g/mol. The predicted molar refractivity (Wildman–Crippen MR) is 77.6 cm³/mol. The van der Waals surface area contributed by atoms with Crippen molar-refractivity contribution in [2.45, 2.75) is 5.38 Å². The summed E-state index contributed by atoms with van der Waals surface area (Å²) in [7, 11) is 3.34. The SMILES string of the molecule is COCC(Cl)CN(C)C(=O)c1cccc(I)c1. The Morgan fingerprint density at radius 1 is 1.59 bits per heavy atom. The molecule has 0 bridgehead atoms. The van der Waals surface area contributed by atoms with E-state index >= 15 is 0 Å². The predicted octanol–water partition coefficient (Wildman–Crippen LogP) is 2.62. The highest BCUT2D eigenvalue weighted by molar-refractivity contribution is 14.1. The Balaban J connectivity index is 2.63. The summed E-state index contributed by atoms with van der Waals surface area (Å²) in [5.41, 5.74) is 0.681. The molecule has 0 heterocycles. The Bertz CT molecular complexity index is 387. The van der Waals surface area contributed by atoms with Crippen LogP contribution in [0.5, 0.6) is 0 Å². The first-order chi connectivity index (χ1) is 8.04. The highest BCUT2D eigenvalue weighted by Gasteiger charge is 2.15. The standard InChI is InChI=1S/C12H15ClINO2/c1-15(7-10(13)8-17-2)12(16)9-4-3-5-11(14)6-9/h3-6,10H,7-8H2,1-2H3. The molecule has 0 N–H and O–H groups in total. The van der Waals surface area contributed by atoms with Gasteiger partial charge in [0.05, 0.1) is 12.0 Å². The maximum Gasteiger partial charge on any atom is 0.253 e. The molecule has 1 rings (SSSR count). The van der Waals surface area contributed by atoms with E-state index in [2.05, 4.69) is 22.6 Å². The second kappa shape index (κ2) is 7.18. The lowest BCUT2D eigenvalue weighted by molar-refractivity contribution is 0.0781. The van der Waals surface area contributed by atoms with Gasteiger partial charge < -0.3 is 9.64 Å². The van der Waals surface area contributed by atoms with Crippen molar-refractivity contribution in [3.8, 4) is 0 Å². The van der Waals surface area contributed by atoms with Crippen molar-refractivity contribution < 1.29 is 9.53 Å². The summed E-state index contributed by atoms with van der Waals surface area (Å²) in [5.74, 6) is -0.0229. The minimum absolute atomic E-state index is 0.0229. The number of rotatable bonds is 5. The molecule has 17 heavy (non-hydrogen) atoms. The van der Waals surface area contributed by atoms with Gasteiger partial charge in [-0.2, -0.15) is 0 Å². The second-order valence-corrected chi connectivity index (χ2v) is 5.61. The molecule has 0 aliphatic rings. The Morgan fingerprint density at radius 2 is 2.29 bits per heavy atom. The minimum Gasteiger partial charge on any atom is -0.383 e. The van der Waals surface area contributed by atoms with Crippen molar-refractivity contribution in [2.24, 2.45) is 0 Å². The highest BCUT2D eigenvalue weighted by Crippen LogP contribution is 2.10. The van der Waals surface area contributed by atoms with Crippen LogP contribution >= 0.6 is 34.2 Å². The Labute approximate surface area is 120 Å². The van der Waals surface area contributed by atoms with Crippen LogP contribution < -0.4 is 0 Å². The summed E-state index contributed by atoms with van der Waals surface area (Å²) in [6.45, 7) is 0.908. The normalized spacial score (nSPS) is 12.2. The molecule has 3 nitrogen and oxygen atoms in total. The Kier molecular flexibility index (Phi) is 6.22. The van der Waals surface area contributed by atoms with Gasteiger partial charge in [-0.15, -0.1) is 11.6 Å². The van der Waals surface area contributed by atoms with Gasteiger partial charge in [0.15, 0.2) is 0 Å². The highest BCUT2D eigenvalue weighted by atomic mass is 127. The zero-order valence-electron chi connectivity index (χ0n) is 9.82. The Morgan fingerprint density at radius 3 is 2.88 bits per heavy atom. The van der Waals surface area contributed by atoms with E-state index in [0.717, 1.165) is 3.57 Å². The number of carbonyl (C=O) groups is 1. The van der Waals surface area contributed by atoms with Gasteiger partial charge in [-0.3, -0.25) is 4.79 Å². The van der Waals surface area contributed by atoms with Crippen molar-refractivity contribution in [1.82, 2.24) is 4.90 Å². The topological polar surface area (TPSA) is 29.5 Å². The molecule has 0 fully saturated rings. The van der Waals surface area contributed by atoms with E-state index in [-0.39, 0.29) is 11.3 Å². The van der Waals surface area contributed by atoms with Gasteiger partial charge in [0.25, 0.3) is 5.91 Å². The molecule has 0 aliphatic heterocycles. The number of hydrogen-bond acceptors (Lipinski definition) is 2. The number of ether oxygens (including phenoxy) is 1. The molecular formula is C12H15ClINO2. The van der Waals surface area contributed by atoms with Crippen molar-refractivity contribution in [1.29, 1.82) is 0 Å². The first-order valence-electron chi connectivity index (χ1n) is 5.18. The van der Waals surface area contributed by atoms with Crippen LogP contribution in [0, 0.1) is 3.57 Å². The molecule has 1 atom stereocenters. The van der Waals surface area contributed by atoms with Crippen LogP contribution in [0.25, 0.3) is 0 Å². The van der Waals surface area contributed by atoms with Crippen molar-refractivity contribution >= 4 is 40.1 Å². The largest absolute Gasteiger partial charge is 0.383 e. The number of carbonyl (C=O) groups excluding carboxylic acids is 1. The maximum atomic E-state index is 12.1. The average Bonchev–Trinajstić information content (AvgIpc) is 2.28. The van der Waals surface area contributed by atoms with Gasteiger partial charge in [0.2, 0.25) is 0 Å².